The average molecular weight is 535 g/mol. The fourth-order valence-corrected chi connectivity index (χ4v) is 4.89. The van der Waals surface area contributed by atoms with E-state index in [9.17, 15) is 14.7 Å². The predicted molar refractivity (Wildman–Crippen MR) is 147 cm³/mol. The van der Waals surface area contributed by atoms with Crippen molar-refractivity contribution < 1.29 is 28.9 Å². The molecule has 10 nitrogen and oxygen atoms in total. The van der Waals surface area contributed by atoms with Crippen molar-refractivity contribution in [2.45, 2.75) is 19.4 Å². The first-order chi connectivity index (χ1) is 18.7. The molecule has 0 aliphatic carbocycles. The first-order valence-electron chi connectivity index (χ1n) is 12.6. The van der Waals surface area contributed by atoms with Crippen molar-refractivity contribution in [2.75, 3.05) is 48.5 Å². The molecule has 1 aliphatic rings. The van der Waals surface area contributed by atoms with Crippen molar-refractivity contribution >= 4 is 17.4 Å². The molecule has 0 spiro atoms. The van der Waals surface area contributed by atoms with Gasteiger partial charge in [0.25, 0.3) is 11.7 Å². The summed E-state index contributed by atoms with van der Waals surface area (Å²) in [6.07, 6.45) is 2.13. The smallest absolute Gasteiger partial charge is 0.295 e. The average Bonchev–Trinajstić information content (AvgIpc) is 3.44. The van der Waals surface area contributed by atoms with E-state index < -0.39 is 17.7 Å². The van der Waals surface area contributed by atoms with Gasteiger partial charge in [0.2, 0.25) is 5.75 Å². The van der Waals surface area contributed by atoms with Crippen LogP contribution in [0, 0.1) is 6.92 Å². The van der Waals surface area contributed by atoms with Crippen LogP contribution in [-0.2, 0) is 9.59 Å². The summed E-state index contributed by atoms with van der Waals surface area (Å²) in [5.74, 6) is -0.599. The number of carbonyl (C=O) groups excluding carboxylic acids is 2. The Bertz CT molecular complexity index is 1370. The second-order valence-corrected chi connectivity index (χ2v) is 9.50. The van der Waals surface area contributed by atoms with Crippen LogP contribution >= 0.6 is 0 Å². The highest BCUT2D eigenvalue weighted by atomic mass is 16.5. The number of aliphatic hydroxyl groups is 1. The lowest BCUT2D eigenvalue weighted by Crippen LogP contribution is -2.32. The van der Waals surface area contributed by atoms with Crippen LogP contribution in [-0.4, -0.2) is 84.9 Å². The van der Waals surface area contributed by atoms with Crippen molar-refractivity contribution in [1.82, 2.24) is 19.6 Å². The number of nitrogens with zero attached hydrogens (tertiary/aromatic N) is 4. The number of carbonyl (C=O) groups is 2. The quantitative estimate of drug-likeness (QED) is 0.239. The Morgan fingerprint density at radius 2 is 1.67 bits per heavy atom. The minimum absolute atomic E-state index is 0.0187. The van der Waals surface area contributed by atoms with Gasteiger partial charge in [0, 0.05) is 6.54 Å². The molecule has 206 valence electrons. The summed E-state index contributed by atoms with van der Waals surface area (Å²) in [5, 5.41) is 16.0. The van der Waals surface area contributed by atoms with Gasteiger partial charge in [0.1, 0.15) is 5.76 Å². The van der Waals surface area contributed by atoms with Crippen molar-refractivity contribution in [3.8, 4) is 22.9 Å². The molecule has 0 unspecified atom stereocenters. The summed E-state index contributed by atoms with van der Waals surface area (Å²) in [5.41, 5.74) is 2.32. The number of ether oxygens (including phenoxy) is 3. The van der Waals surface area contributed by atoms with Gasteiger partial charge in [-0.25, -0.2) is 4.68 Å². The van der Waals surface area contributed by atoms with Crippen LogP contribution in [0.1, 0.15) is 29.3 Å². The molecule has 1 saturated heterocycles. The molecule has 1 fully saturated rings. The summed E-state index contributed by atoms with van der Waals surface area (Å²) >= 11 is 0. The van der Waals surface area contributed by atoms with Gasteiger partial charge in [-0.1, -0.05) is 18.2 Å². The highest BCUT2D eigenvalue weighted by Crippen LogP contribution is 2.46. The van der Waals surface area contributed by atoms with Crippen LogP contribution < -0.4 is 14.2 Å². The maximum absolute atomic E-state index is 13.5. The number of ketones is 1. The number of methoxy groups -OCH3 is 3. The standard InChI is InChI=1S/C29H34N4O6/c1-18-21(17-30-33(18)20-11-8-7-9-12-20)26(34)24-25(32(29(36)27(24)35)14-10-13-31(2)3)19-15-22(37-4)28(39-6)23(16-19)38-5/h7-9,11-12,15-17,25,34H,10,13-14H2,1-6H3/b26-24+/t25-/m1/s1. The van der Waals surface area contributed by atoms with Gasteiger partial charge < -0.3 is 29.1 Å². The summed E-state index contributed by atoms with van der Waals surface area (Å²) < 4.78 is 18.2. The van der Waals surface area contributed by atoms with E-state index in [-0.39, 0.29) is 11.3 Å². The number of hydrogen-bond donors (Lipinski definition) is 1. The van der Waals surface area contributed by atoms with E-state index in [1.165, 1.54) is 32.4 Å². The Morgan fingerprint density at radius 1 is 1.03 bits per heavy atom. The van der Waals surface area contributed by atoms with Crippen LogP contribution in [0.15, 0.2) is 54.2 Å². The van der Waals surface area contributed by atoms with Gasteiger partial charge in [-0.05, 0) is 63.8 Å². The zero-order chi connectivity index (χ0) is 28.3. The Hall–Kier alpha value is -4.31. The molecule has 1 aromatic heterocycles. The van der Waals surface area contributed by atoms with E-state index in [1.807, 2.05) is 49.3 Å². The number of aliphatic hydroxyl groups excluding tert-OH is 1. The molecule has 1 amide bonds. The van der Waals surface area contributed by atoms with Crippen LogP contribution in [0.4, 0.5) is 0 Å². The Kier molecular flexibility index (Phi) is 8.25. The van der Waals surface area contributed by atoms with Gasteiger partial charge in [-0.3, -0.25) is 9.59 Å². The number of rotatable bonds is 10. The molecule has 3 aromatic rings. The van der Waals surface area contributed by atoms with E-state index >= 15 is 0 Å². The van der Waals surface area contributed by atoms with E-state index in [4.69, 9.17) is 14.2 Å². The molecule has 1 atom stereocenters. The minimum atomic E-state index is -0.875. The molecule has 2 aromatic carbocycles. The summed E-state index contributed by atoms with van der Waals surface area (Å²) in [6.45, 7) is 2.83. The van der Waals surface area contributed by atoms with Crippen molar-refractivity contribution in [3.05, 3.63) is 71.1 Å². The largest absolute Gasteiger partial charge is 0.507 e. The predicted octanol–water partition coefficient (Wildman–Crippen LogP) is 3.58. The Balaban J connectivity index is 1.90. The summed E-state index contributed by atoms with van der Waals surface area (Å²) in [4.78, 5) is 30.4. The van der Waals surface area contributed by atoms with Gasteiger partial charge in [-0.2, -0.15) is 5.10 Å². The molecule has 1 N–H and O–H groups in total. The normalized spacial score (nSPS) is 16.7. The van der Waals surface area contributed by atoms with Gasteiger partial charge >= 0.3 is 0 Å². The van der Waals surface area contributed by atoms with Crippen LogP contribution in [0.2, 0.25) is 0 Å². The van der Waals surface area contributed by atoms with E-state index in [1.54, 1.807) is 23.7 Å². The molecule has 39 heavy (non-hydrogen) atoms. The lowest BCUT2D eigenvalue weighted by atomic mass is 9.94. The van der Waals surface area contributed by atoms with Crippen LogP contribution in [0.5, 0.6) is 17.2 Å². The lowest BCUT2D eigenvalue weighted by Gasteiger charge is -2.27. The SMILES string of the molecule is COc1cc([C@@H]2/C(=C(\O)c3cnn(-c4ccccc4)c3C)C(=O)C(=O)N2CCCN(C)C)cc(OC)c1OC. The minimum Gasteiger partial charge on any atom is -0.507 e. The van der Waals surface area contributed by atoms with Crippen molar-refractivity contribution in [2.24, 2.45) is 0 Å². The van der Waals surface area contributed by atoms with Crippen LogP contribution in [0.3, 0.4) is 0 Å². The van der Waals surface area contributed by atoms with Crippen molar-refractivity contribution in [1.29, 1.82) is 0 Å². The maximum atomic E-state index is 13.5. The van der Waals surface area contributed by atoms with Gasteiger partial charge in [0.05, 0.1) is 56.1 Å². The first-order valence-corrected chi connectivity index (χ1v) is 12.6. The fraction of sp³-hybridized carbons (Fsp3) is 0.345. The first kappa shape index (κ1) is 27.7. The number of aromatic nitrogens is 2. The number of likely N-dealkylation sites (tertiary alicyclic amines) is 1. The number of para-hydroxylation sites is 1. The zero-order valence-electron chi connectivity index (χ0n) is 23.1. The third-order valence-electron chi connectivity index (χ3n) is 6.81. The summed E-state index contributed by atoms with van der Waals surface area (Å²) in [6, 6.07) is 12.0. The molecule has 2 heterocycles. The molecular formula is C29H34N4O6. The monoisotopic (exact) mass is 534 g/mol. The van der Waals surface area contributed by atoms with E-state index in [0.717, 1.165) is 5.69 Å². The summed E-state index contributed by atoms with van der Waals surface area (Å²) in [7, 11) is 8.38. The van der Waals surface area contributed by atoms with Gasteiger partial charge in [-0.15, -0.1) is 0 Å². The molecule has 0 saturated carbocycles. The third kappa shape index (κ3) is 5.20. The lowest BCUT2D eigenvalue weighted by molar-refractivity contribution is -0.139. The molecule has 0 radical (unpaired) electrons. The number of benzene rings is 2. The molecular weight excluding hydrogens is 500 g/mol. The topological polar surface area (TPSA) is 106 Å². The molecule has 4 rings (SSSR count). The van der Waals surface area contributed by atoms with E-state index in [2.05, 4.69) is 5.10 Å². The second-order valence-electron chi connectivity index (χ2n) is 9.50. The Labute approximate surface area is 228 Å². The number of Topliss-reactive ketones (excluding diaryl/α,β-unsaturated/α-hetero) is 1. The maximum Gasteiger partial charge on any atom is 0.295 e. The molecule has 0 bridgehead atoms. The number of amides is 1. The second kappa shape index (κ2) is 11.6. The highest BCUT2D eigenvalue weighted by molar-refractivity contribution is 6.46. The van der Waals surface area contributed by atoms with Crippen molar-refractivity contribution in [3.63, 3.8) is 0 Å². The van der Waals surface area contributed by atoms with Crippen LogP contribution in [0.25, 0.3) is 11.4 Å². The molecule has 10 heteroatoms. The third-order valence-corrected chi connectivity index (χ3v) is 6.81. The highest BCUT2D eigenvalue weighted by Gasteiger charge is 2.46. The fourth-order valence-electron chi connectivity index (χ4n) is 4.89. The van der Waals surface area contributed by atoms with E-state index in [0.29, 0.717) is 53.6 Å². The Morgan fingerprint density at radius 3 is 2.23 bits per heavy atom. The van der Waals surface area contributed by atoms with Gasteiger partial charge in [0.15, 0.2) is 11.5 Å². The zero-order valence-corrected chi connectivity index (χ0v) is 23.1. The molecule has 1 aliphatic heterocycles. The number of hydrogen-bond acceptors (Lipinski definition) is 8.